The first-order chi connectivity index (χ1) is 14.9. The van der Waals surface area contributed by atoms with E-state index in [4.69, 9.17) is 0 Å². The average molecular weight is 427 g/mol. The molecule has 3 unspecified atom stereocenters. The van der Waals surface area contributed by atoms with Crippen molar-refractivity contribution in [3.63, 3.8) is 0 Å². The zero-order chi connectivity index (χ0) is 22.1. The van der Waals surface area contributed by atoms with Gasteiger partial charge in [0, 0.05) is 62.5 Å². The number of benzene rings is 1. The van der Waals surface area contributed by atoms with Gasteiger partial charge in [0.2, 0.25) is 5.91 Å². The predicted octanol–water partition coefficient (Wildman–Crippen LogP) is 2.19. The summed E-state index contributed by atoms with van der Waals surface area (Å²) in [6.07, 6.45) is 5.40. The average Bonchev–Trinajstić information content (AvgIpc) is 3.02. The normalized spacial score (nSPS) is 25.2. The highest BCUT2D eigenvalue weighted by atomic mass is 16.2. The smallest absolute Gasteiger partial charge is 0.255 e. The summed E-state index contributed by atoms with van der Waals surface area (Å²) in [5.74, 6) is -0.352. The van der Waals surface area contributed by atoms with Crippen LogP contribution in [0.1, 0.15) is 61.9 Å². The molecule has 4 rings (SSSR count). The van der Waals surface area contributed by atoms with Crippen LogP contribution in [0.2, 0.25) is 0 Å². The molecule has 7 nitrogen and oxygen atoms in total. The molecule has 1 N–H and O–H groups in total. The van der Waals surface area contributed by atoms with Gasteiger partial charge in [-0.25, -0.2) is 0 Å². The SMILES string of the molecule is CNC(=O)C(CCC=O)N1Cc2cc(N3C(C)CN(C4CCC4)CC3C)ccc2C1=O. The Bertz CT molecular complexity index is 841. The molecule has 1 aromatic rings. The zero-order valence-corrected chi connectivity index (χ0v) is 18.8. The predicted molar refractivity (Wildman–Crippen MR) is 120 cm³/mol. The first-order valence-electron chi connectivity index (χ1n) is 11.6. The molecule has 1 saturated carbocycles. The molecule has 0 aromatic heterocycles. The minimum absolute atomic E-state index is 0.128. The van der Waals surface area contributed by atoms with Crippen molar-refractivity contribution in [3.8, 4) is 0 Å². The third-order valence-corrected chi connectivity index (χ3v) is 7.24. The van der Waals surface area contributed by atoms with E-state index < -0.39 is 6.04 Å². The van der Waals surface area contributed by atoms with Crippen molar-refractivity contribution in [1.82, 2.24) is 15.1 Å². The van der Waals surface area contributed by atoms with E-state index in [-0.39, 0.29) is 18.2 Å². The maximum atomic E-state index is 13.0. The van der Waals surface area contributed by atoms with E-state index in [0.717, 1.165) is 36.7 Å². The van der Waals surface area contributed by atoms with Gasteiger partial charge >= 0.3 is 0 Å². The molecule has 2 fully saturated rings. The van der Waals surface area contributed by atoms with Gasteiger partial charge in [-0.2, -0.15) is 0 Å². The summed E-state index contributed by atoms with van der Waals surface area (Å²) in [6.45, 7) is 7.12. The van der Waals surface area contributed by atoms with Gasteiger partial charge in [-0.15, -0.1) is 0 Å². The fourth-order valence-corrected chi connectivity index (χ4v) is 5.49. The van der Waals surface area contributed by atoms with Crippen molar-refractivity contribution in [2.75, 3.05) is 25.0 Å². The van der Waals surface area contributed by atoms with Crippen LogP contribution in [0.3, 0.4) is 0 Å². The monoisotopic (exact) mass is 426 g/mol. The molecule has 2 aliphatic heterocycles. The van der Waals surface area contributed by atoms with Crippen LogP contribution in [0.25, 0.3) is 0 Å². The highest BCUT2D eigenvalue weighted by Gasteiger charge is 2.38. The number of aldehydes is 1. The van der Waals surface area contributed by atoms with E-state index in [0.29, 0.717) is 30.6 Å². The molecule has 168 valence electrons. The number of hydrogen-bond acceptors (Lipinski definition) is 5. The molecule has 1 aliphatic carbocycles. The molecular weight excluding hydrogens is 392 g/mol. The number of piperazine rings is 1. The Morgan fingerprint density at radius 3 is 2.52 bits per heavy atom. The second kappa shape index (κ2) is 8.99. The van der Waals surface area contributed by atoms with Crippen molar-refractivity contribution in [2.45, 2.75) is 76.7 Å². The quantitative estimate of drug-likeness (QED) is 0.677. The van der Waals surface area contributed by atoms with Crippen molar-refractivity contribution >= 4 is 23.8 Å². The first-order valence-corrected chi connectivity index (χ1v) is 11.6. The van der Waals surface area contributed by atoms with Crippen LogP contribution in [0.5, 0.6) is 0 Å². The summed E-state index contributed by atoms with van der Waals surface area (Å²) in [7, 11) is 1.56. The van der Waals surface area contributed by atoms with E-state index in [1.807, 2.05) is 12.1 Å². The van der Waals surface area contributed by atoms with Crippen LogP contribution in [-0.4, -0.2) is 72.2 Å². The number of amides is 2. The van der Waals surface area contributed by atoms with E-state index in [9.17, 15) is 14.4 Å². The minimum Gasteiger partial charge on any atom is -0.364 e. The number of nitrogens with one attached hydrogen (secondary N) is 1. The molecule has 2 amide bonds. The second-order valence-electron chi connectivity index (χ2n) is 9.29. The first kappa shape index (κ1) is 21.8. The summed E-state index contributed by atoms with van der Waals surface area (Å²) in [5.41, 5.74) is 2.77. The number of nitrogens with zero attached hydrogens (tertiary/aromatic N) is 3. The van der Waals surface area contributed by atoms with Crippen LogP contribution in [-0.2, 0) is 16.1 Å². The lowest BCUT2D eigenvalue weighted by Crippen LogP contribution is -2.60. The third-order valence-electron chi connectivity index (χ3n) is 7.24. The fraction of sp³-hybridized carbons (Fsp3) is 0.625. The topological polar surface area (TPSA) is 73.0 Å². The Hall–Kier alpha value is -2.41. The van der Waals surface area contributed by atoms with E-state index in [1.165, 1.54) is 19.3 Å². The van der Waals surface area contributed by atoms with E-state index in [1.54, 1.807) is 11.9 Å². The molecule has 1 saturated heterocycles. The largest absolute Gasteiger partial charge is 0.364 e. The van der Waals surface area contributed by atoms with Gasteiger partial charge in [0.15, 0.2) is 0 Å². The molecule has 0 spiro atoms. The number of fused-ring (bicyclic) bond motifs is 1. The number of rotatable bonds is 7. The van der Waals surface area contributed by atoms with E-state index >= 15 is 0 Å². The van der Waals surface area contributed by atoms with E-state index in [2.05, 4.69) is 35.0 Å². The Kier molecular flexibility index (Phi) is 6.32. The maximum Gasteiger partial charge on any atom is 0.255 e. The molecule has 3 aliphatic rings. The molecule has 1 aromatic carbocycles. The van der Waals surface area contributed by atoms with Crippen LogP contribution in [0, 0.1) is 0 Å². The van der Waals surface area contributed by atoms with Gasteiger partial charge in [0.1, 0.15) is 12.3 Å². The lowest BCUT2D eigenvalue weighted by atomic mass is 9.89. The molecule has 31 heavy (non-hydrogen) atoms. The Morgan fingerprint density at radius 2 is 1.94 bits per heavy atom. The number of anilines is 1. The van der Waals surface area contributed by atoms with Gasteiger partial charge < -0.3 is 19.9 Å². The Labute approximate surface area is 184 Å². The fourth-order valence-electron chi connectivity index (χ4n) is 5.49. The third kappa shape index (κ3) is 4.07. The molecular formula is C24H34N4O3. The van der Waals surface area contributed by atoms with Crippen LogP contribution in [0.4, 0.5) is 5.69 Å². The molecule has 0 radical (unpaired) electrons. The Balaban J connectivity index is 1.52. The number of hydrogen-bond donors (Lipinski definition) is 1. The highest BCUT2D eigenvalue weighted by Crippen LogP contribution is 2.34. The standard InChI is InChI=1S/C24H34N4O3/c1-16-13-26(19-6-4-7-19)14-17(2)28(16)20-9-10-21-18(12-20)15-27(24(21)31)22(8-5-11-29)23(30)25-3/h9-12,16-17,19,22H,4-8,13-15H2,1-3H3,(H,25,30). The van der Waals surface area contributed by atoms with Crippen LogP contribution in [0.15, 0.2) is 18.2 Å². The summed E-state index contributed by atoms with van der Waals surface area (Å²) >= 11 is 0. The van der Waals surface area contributed by atoms with Crippen molar-refractivity contribution in [3.05, 3.63) is 29.3 Å². The zero-order valence-electron chi connectivity index (χ0n) is 18.8. The van der Waals surface area contributed by atoms with Crippen molar-refractivity contribution < 1.29 is 14.4 Å². The molecule has 3 atom stereocenters. The number of likely N-dealkylation sites (N-methyl/N-ethyl adjacent to an activating group) is 1. The molecule has 0 bridgehead atoms. The summed E-state index contributed by atoms with van der Waals surface area (Å²) in [4.78, 5) is 43.0. The number of carbonyl (C=O) groups excluding carboxylic acids is 3. The summed E-state index contributed by atoms with van der Waals surface area (Å²) in [6, 6.07) is 7.02. The lowest BCUT2D eigenvalue weighted by molar-refractivity contribution is -0.125. The van der Waals surface area contributed by atoms with Crippen LogP contribution >= 0.6 is 0 Å². The molecule has 2 heterocycles. The summed E-state index contributed by atoms with van der Waals surface area (Å²) < 4.78 is 0. The summed E-state index contributed by atoms with van der Waals surface area (Å²) in [5, 5.41) is 2.63. The van der Waals surface area contributed by atoms with Crippen molar-refractivity contribution in [1.29, 1.82) is 0 Å². The maximum absolute atomic E-state index is 13.0. The minimum atomic E-state index is -0.623. The second-order valence-corrected chi connectivity index (χ2v) is 9.29. The van der Waals surface area contributed by atoms with Gasteiger partial charge in [0.25, 0.3) is 5.91 Å². The van der Waals surface area contributed by atoms with Gasteiger partial charge in [-0.3, -0.25) is 14.5 Å². The van der Waals surface area contributed by atoms with Crippen molar-refractivity contribution in [2.24, 2.45) is 0 Å². The number of carbonyl (C=O) groups is 3. The lowest BCUT2D eigenvalue weighted by Gasteiger charge is -2.50. The van der Waals surface area contributed by atoms with Crippen LogP contribution < -0.4 is 10.2 Å². The van der Waals surface area contributed by atoms with Gasteiger partial charge in [-0.05, 0) is 56.9 Å². The van der Waals surface area contributed by atoms with Gasteiger partial charge in [0.05, 0.1) is 0 Å². The van der Waals surface area contributed by atoms with Gasteiger partial charge in [-0.1, -0.05) is 6.42 Å². The molecule has 7 heteroatoms. The highest BCUT2D eigenvalue weighted by molar-refractivity contribution is 6.01. The Morgan fingerprint density at radius 1 is 1.23 bits per heavy atom.